The van der Waals surface area contributed by atoms with E-state index in [2.05, 4.69) is 51.9 Å². The fourth-order valence-electron chi connectivity index (χ4n) is 3.91. The maximum absolute atomic E-state index is 6.17. The fraction of sp³-hybridized carbons (Fsp3) is 0.200. The number of anilines is 2. The number of nitrogens with zero attached hydrogens (tertiary/aromatic N) is 5. The Hall–Kier alpha value is -3.51. The Kier molecular flexibility index (Phi) is 5.45. The molecule has 0 saturated heterocycles. The van der Waals surface area contributed by atoms with Crippen molar-refractivity contribution in [1.82, 2.24) is 19.5 Å². The van der Waals surface area contributed by atoms with Crippen LogP contribution in [0.1, 0.15) is 26.7 Å². The monoisotopic (exact) mass is 442 g/mol. The molecule has 1 aromatic heterocycles. The molecule has 32 heavy (non-hydrogen) atoms. The molecular formula is C25H23ClN6. The molecule has 0 spiro atoms. The van der Waals surface area contributed by atoms with Crippen LogP contribution in [0.25, 0.3) is 29.2 Å². The lowest BCUT2D eigenvalue weighted by Gasteiger charge is -2.20. The second kappa shape index (κ2) is 8.55. The van der Waals surface area contributed by atoms with E-state index in [1.807, 2.05) is 30.3 Å². The van der Waals surface area contributed by atoms with E-state index in [-0.39, 0.29) is 6.04 Å². The van der Waals surface area contributed by atoms with Crippen LogP contribution in [0.3, 0.4) is 0 Å². The van der Waals surface area contributed by atoms with Crippen molar-refractivity contribution in [2.24, 2.45) is 4.99 Å². The Morgan fingerprint density at radius 2 is 1.88 bits per heavy atom. The molecule has 0 fully saturated rings. The summed E-state index contributed by atoms with van der Waals surface area (Å²) in [6, 6.07) is 12.2. The molecule has 160 valence electrons. The van der Waals surface area contributed by atoms with Gasteiger partial charge in [0, 0.05) is 29.1 Å². The predicted molar refractivity (Wildman–Crippen MR) is 129 cm³/mol. The van der Waals surface area contributed by atoms with E-state index in [0.29, 0.717) is 10.8 Å². The zero-order valence-corrected chi connectivity index (χ0v) is 18.7. The summed E-state index contributed by atoms with van der Waals surface area (Å²) in [4.78, 5) is 18.4. The van der Waals surface area contributed by atoms with Crippen LogP contribution in [-0.4, -0.2) is 25.6 Å². The molecule has 1 N–H and O–H groups in total. The molecule has 2 aliphatic carbocycles. The summed E-state index contributed by atoms with van der Waals surface area (Å²) in [5, 5.41) is 7.00. The highest BCUT2D eigenvalue weighted by Crippen LogP contribution is 2.24. The molecule has 6 nitrogen and oxygen atoms in total. The quantitative estimate of drug-likeness (QED) is 0.521. The van der Waals surface area contributed by atoms with Gasteiger partial charge in [-0.05, 0) is 63.1 Å². The first-order valence-corrected chi connectivity index (χ1v) is 11.1. The first-order chi connectivity index (χ1) is 15.6. The van der Waals surface area contributed by atoms with Gasteiger partial charge >= 0.3 is 0 Å². The van der Waals surface area contributed by atoms with Crippen LogP contribution >= 0.6 is 11.6 Å². The Morgan fingerprint density at radius 3 is 2.62 bits per heavy atom. The highest BCUT2D eigenvalue weighted by atomic mass is 35.5. The molecule has 0 bridgehead atoms. The van der Waals surface area contributed by atoms with E-state index >= 15 is 0 Å². The number of hydrogen-bond acceptors (Lipinski definition) is 5. The first kappa shape index (κ1) is 20.4. The summed E-state index contributed by atoms with van der Waals surface area (Å²) < 4.78 is 2.25. The molecule has 2 heterocycles. The summed E-state index contributed by atoms with van der Waals surface area (Å²) in [6.07, 6.45) is 11.4. The van der Waals surface area contributed by atoms with Crippen molar-refractivity contribution in [1.29, 1.82) is 0 Å². The Bertz CT molecular complexity index is 1420. The minimum Gasteiger partial charge on any atom is -0.337 e. The van der Waals surface area contributed by atoms with Crippen molar-refractivity contribution >= 4 is 35.3 Å². The Morgan fingerprint density at radius 1 is 1.06 bits per heavy atom. The standard InChI is InChI=1S/C25H23ClN6/c1-16(2)29-21-14-24-22(13-20(21)31-25-15-27-11-12-28-25)30-19-5-3-4-6-23(19)32(24)18-9-7-17(26)8-10-18/h5-16H,3-4H2,1-2H3,(H,28,31). The SMILES string of the molecule is CC(C)N=c1cc2n(-c3ccc(Cl)cc3)c3c(nc-2cc1Nc1cnccn1)=CCCC=3. The lowest BCUT2D eigenvalue weighted by Crippen LogP contribution is -2.40. The second-order valence-corrected chi connectivity index (χ2v) is 8.41. The third kappa shape index (κ3) is 4.01. The average Bonchev–Trinajstić information content (AvgIpc) is 2.79. The molecule has 0 radical (unpaired) electrons. The summed E-state index contributed by atoms with van der Waals surface area (Å²) >= 11 is 6.17. The van der Waals surface area contributed by atoms with Crippen LogP contribution < -0.4 is 21.4 Å². The van der Waals surface area contributed by atoms with Crippen molar-refractivity contribution in [2.45, 2.75) is 32.7 Å². The van der Waals surface area contributed by atoms with Crippen LogP contribution in [0.4, 0.5) is 11.5 Å². The van der Waals surface area contributed by atoms with E-state index in [1.165, 1.54) is 0 Å². The minimum absolute atomic E-state index is 0.129. The third-order valence-electron chi connectivity index (χ3n) is 5.23. The molecule has 0 atom stereocenters. The van der Waals surface area contributed by atoms with Crippen LogP contribution in [0.2, 0.25) is 5.02 Å². The van der Waals surface area contributed by atoms with Gasteiger partial charge in [-0.25, -0.2) is 9.97 Å². The largest absolute Gasteiger partial charge is 0.337 e. The number of halogens is 1. The van der Waals surface area contributed by atoms with Gasteiger partial charge in [-0.3, -0.25) is 9.98 Å². The molecule has 1 aromatic carbocycles. The predicted octanol–water partition coefficient (Wildman–Crippen LogP) is 3.83. The molecule has 0 amide bonds. The number of fused-ring (bicyclic) bond motifs is 2. The number of aromatic nitrogens is 4. The average molecular weight is 443 g/mol. The van der Waals surface area contributed by atoms with Gasteiger partial charge in [0.05, 0.1) is 39.3 Å². The van der Waals surface area contributed by atoms with Crippen molar-refractivity contribution in [3.8, 4) is 17.1 Å². The fourth-order valence-corrected chi connectivity index (χ4v) is 4.03. The van der Waals surface area contributed by atoms with Crippen molar-refractivity contribution < 1.29 is 0 Å². The normalized spacial score (nSPS) is 13.6. The van der Waals surface area contributed by atoms with Gasteiger partial charge in [0.25, 0.3) is 0 Å². The zero-order valence-electron chi connectivity index (χ0n) is 18.0. The van der Waals surface area contributed by atoms with Crippen LogP contribution in [-0.2, 0) is 0 Å². The van der Waals surface area contributed by atoms with E-state index in [0.717, 1.165) is 51.7 Å². The molecule has 1 aliphatic heterocycles. The maximum atomic E-state index is 6.17. The number of hydrogen-bond donors (Lipinski definition) is 1. The molecule has 7 heteroatoms. The first-order valence-electron chi connectivity index (χ1n) is 10.7. The highest BCUT2D eigenvalue weighted by molar-refractivity contribution is 6.30. The summed E-state index contributed by atoms with van der Waals surface area (Å²) in [5.41, 5.74) is 3.75. The molecule has 0 unspecified atom stereocenters. The number of benzene rings is 2. The van der Waals surface area contributed by atoms with Gasteiger partial charge in [0.1, 0.15) is 5.82 Å². The summed E-state index contributed by atoms with van der Waals surface area (Å²) in [5.74, 6) is 0.662. The second-order valence-electron chi connectivity index (χ2n) is 7.98. The van der Waals surface area contributed by atoms with Crippen LogP contribution in [0.5, 0.6) is 0 Å². The van der Waals surface area contributed by atoms with E-state index in [4.69, 9.17) is 21.6 Å². The lowest BCUT2D eigenvalue weighted by molar-refractivity contribution is 0.804. The topological polar surface area (TPSA) is 68.0 Å². The Balaban J connectivity index is 1.83. The summed E-state index contributed by atoms with van der Waals surface area (Å²) in [7, 11) is 0. The van der Waals surface area contributed by atoms with Crippen molar-refractivity contribution in [3.05, 3.63) is 76.1 Å². The van der Waals surface area contributed by atoms with Gasteiger partial charge in [-0.2, -0.15) is 0 Å². The van der Waals surface area contributed by atoms with Crippen molar-refractivity contribution in [2.75, 3.05) is 5.32 Å². The maximum Gasteiger partial charge on any atom is 0.148 e. The number of rotatable bonds is 4. The zero-order chi connectivity index (χ0) is 22.1. The molecule has 5 rings (SSSR count). The van der Waals surface area contributed by atoms with Gasteiger partial charge in [0.2, 0.25) is 0 Å². The Labute approximate surface area is 191 Å². The molecule has 2 aromatic rings. The highest BCUT2D eigenvalue weighted by Gasteiger charge is 2.16. The van der Waals surface area contributed by atoms with Gasteiger partial charge < -0.3 is 9.88 Å². The van der Waals surface area contributed by atoms with Crippen LogP contribution in [0.15, 0.2) is 60.0 Å². The van der Waals surface area contributed by atoms with Gasteiger partial charge in [-0.15, -0.1) is 0 Å². The third-order valence-corrected chi connectivity index (χ3v) is 5.48. The van der Waals surface area contributed by atoms with E-state index < -0.39 is 0 Å². The van der Waals surface area contributed by atoms with Crippen LogP contribution in [0, 0.1) is 0 Å². The smallest absolute Gasteiger partial charge is 0.148 e. The lowest BCUT2D eigenvalue weighted by atomic mass is 10.1. The van der Waals surface area contributed by atoms with Gasteiger partial charge in [0.15, 0.2) is 0 Å². The molecule has 0 saturated carbocycles. The molecular weight excluding hydrogens is 420 g/mol. The van der Waals surface area contributed by atoms with Gasteiger partial charge in [-0.1, -0.05) is 23.8 Å². The summed E-state index contributed by atoms with van der Waals surface area (Å²) in [6.45, 7) is 4.13. The van der Waals surface area contributed by atoms with Crippen molar-refractivity contribution in [3.63, 3.8) is 0 Å². The molecule has 3 aliphatic rings. The van der Waals surface area contributed by atoms with E-state index in [9.17, 15) is 0 Å². The minimum atomic E-state index is 0.129. The number of nitrogens with one attached hydrogen (secondary N) is 1. The van der Waals surface area contributed by atoms with E-state index in [1.54, 1.807) is 18.6 Å².